The Hall–Kier alpha value is -7.32. The van der Waals surface area contributed by atoms with Crippen LogP contribution in [0.4, 0.5) is 26.3 Å². The van der Waals surface area contributed by atoms with Gasteiger partial charge in [-0.05, 0) is 152 Å². The van der Waals surface area contributed by atoms with Crippen LogP contribution in [0.25, 0.3) is 22.3 Å². The maximum Gasteiger partial charge on any atom is 1.00 e. The second-order valence-corrected chi connectivity index (χ2v) is 24.2. The molecule has 2 aliphatic carbocycles. The van der Waals surface area contributed by atoms with Gasteiger partial charge in [0.1, 0.15) is 24.4 Å². The largest absolute Gasteiger partial charge is 1.00 e. The zero-order valence-electron chi connectivity index (χ0n) is 52.2. The maximum atomic E-state index is 15.5. The molecule has 0 bridgehead atoms. The van der Waals surface area contributed by atoms with E-state index in [4.69, 9.17) is 4.74 Å². The SMILES string of the molecule is CCOC(=O)C[C@H](NC(=O)C(CC1CC1)n1cc(CCN2CC(F)C2)ccc1=O)c1cc(-c2c(C)cccc2C)cc(F)c1F.Cc1cccc(C)c1-c1cc(F)c(F)c([C@H](CC(=O)O)NC(=O)C(CC2CC2)n2cc(CCN3CC(F)C3)ccc2=O)c1.O.[Li+].[OH-]. The second kappa shape index (κ2) is 32.3. The Kier molecular flexibility index (Phi) is 25.8. The number of nitrogens with one attached hydrogen (secondary N) is 2. The number of aliphatic carboxylic acids is 1. The third kappa shape index (κ3) is 18.7. The van der Waals surface area contributed by atoms with Crippen LogP contribution in [0.1, 0.15) is 127 Å². The van der Waals surface area contributed by atoms with E-state index in [0.29, 0.717) is 81.6 Å². The molecule has 2 saturated heterocycles. The number of ether oxygens (including phenoxy) is 1. The van der Waals surface area contributed by atoms with Gasteiger partial charge in [0, 0.05) is 74.9 Å². The standard InChI is InChI=1S/C35H40F3N3O4.C33H36F3N3O4.Li.2H2O/c1-4-45-32(43)17-29(27-15-25(16-28(37)34(27)38)33-21(2)6-5-7-22(33)3)39-35(44)30(14-23-8-9-23)41-18-24(10-11-31(41)42)12-13-40-19-26(36)20-40;1-19-4-3-5-20(2)31(19)23-13-25(32(36)26(35)14-23)27(15-30(41)42)37-33(43)28(12-21-6-7-21)39-16-22(8-9-29(39)40)10-11-38-17-24(34)18-38;;;/h5-7,10-11,15-16,18,23,26,29-30H,4,8-9,12-14,17,19-20H2,1-3H3,(H,39,44);3-5,8-9,13-14,16,21,24,27-28H,6-7,10-12,15,17-18H2,1-2H3,(H,37,43)(H,41,42);;2*1H2/q;;+1;;/p-1/t29-,30?;27-,28?;;;/m00.../s1. The molecule has 0 spiro atoms. The van der Waals surface area contributed by atoms with Gasteiger partial charge in [0.2, 0.25) is 11.8 Å². The number of pyridine rings is 2. The molecule has 2 amide bonds. The summed E-state index contributed by atoms with van der Waals surface area (Å²) in [4.78, 5) is 82.4. The summed E-state index contributed by atoms with van der Waals surface area (Å²) in [5.41, 5.74) is 5.99. The van der Waals surface area contributed by atoms with E-state index in [9.17, 15) is 42.7 Å². The average molecular weight is 1260 g/mol. The number of hydrogen-bond donors (Lipinski definition) is 3. The molecule has 6 N–H and O–H groups in total. The summed E-state index contributed by atoms with van der Waals surface area (Å²) >= 11 is 0. The summed E-state index contributed by atoms with van der Waals surface area (Å²) in [6.07, 6.45) is 6.03. The first-order valence-corrected chi connectivity index (χ1v) is 30.3. The molecule has 16 nitrogen and oxygen atoms in total. The summed E-state index contributed by atoms with van der Waals surface area (Å²) in [6.45, 7) is 11.9. The van der Waals surface area contributed by atoms with Gasteiger partial charge >= 0.3 is 30.8 Å². The van der Waals surface area contributed by atoms with E-state index in [2.05, 4.69) is 10.6 Å². The molecule has 4 heterocycles. The van der Waals surface area contributed by atoms with Crippen molar-refractivity contribution in [2.45, 2.75) is 135 Å². The van der Waals surface area contributed by atoms with Crippen LogP contribution in [-0.2, 0) is 36.8 Å². The maximum absolute atomic E-state index is 15.5. The minimum absolute atomic E-state index is 0. The number of halogens is 6. The number of carboxylic acid groups (broad SMARTS) is 1. The van der Waals surface area contributed by atoms with Crippen molar-refractivity contribution in [1.82, 2.24) is 29.6 Å². The van der Waals surface area contributed by atoms with E-state index >= 15 is 17.6 Å². The molecule has 91 heavy (non-hydrogen) atoms. The molecule has 2 aliphatic heterocycles. The number of carbonyl (C=O) groups excluding carboxylic acids is 3. The van der Waals surface area contributed by atoms with Gasteiger partial charge in [-0.3, -0.25) is 38.6 Å². The molecule has 6 aromatic rings. The van der Waals surface area contributed by atoms with Crippen LogP contribution in [0.2, 0.25) is 0 Å². The van der Waals surface area contributed by atoms with E-state index in [1.165, 1.54) is 33.4 Å². The molecule has 4 fully saturated rings. The first-order valence-electron chi connectivity index (χ1n) is 30.3. The monoisotopic (exact) mass is 1260 g/mol. The number of carbonyl (C=O) groups is 4. The third-order valence-corrected chi connectivity index (χ3v) is 17.1. The Balaban J connectivity index is 0.000000280. The van der Waals surface area contributed by atoms with Crippen LogP contribution in [0.5, 0.6) is 0 Å². The Labute approximate surface area is 537 Å². The molecule has 23 heteroatoms. The first-order chi connectivity index (χ1) is 42.0. The second-order valence-electron chi connectivity index (χ2n) is 24.2. The van der Waals surface area contributed by atoms with Crippen molar-refractivity contribution in [1.29, 1.82) is 0 Å². The van der Waals surface area contributed by atoms with Crippen LogP contribution in [0.15, 0.2) is 107 Å². The number of esters is 1. The van der Waals surface area contributed by atoms with E-state index in [-0.39, 0.29) is 64.9 Å². The molecular formula is C68H79F6LiN6O10. The number of rotatable bonds is 25. The fourth-order valence-corrected chi connectivity index (χ4v) is 12.0. The number of hydrogen-bond acceptors (Lipinski definition) is 10. The van der Waals surface area contributed by atoms with Crippen LogP contribution in [0.3, 0.4) is 0 Å². The summed E-state index contributed by atoms with van der Waals surface area (Å²) in [6, 6.07) is 17.9. The average Bonchev–Trinajstić information content (AvgIpc) is 1.11. The zero-order chi connectivity index (χ0) is 63.1. The van der Waals surface area contributed by atoms with Crippen LogP contribution < -0.4 is 40.6 Å². The topological polar surface area (TPSA) is 234 Å². The molecule has 4 atom stereocenters. The molecule has 2 aromatic heterocycles. The molecule has 2 saturated carbocycles. The molecule has 484 valence electrons. The molecule has 4 aromatic carbocycles. The summed E-state index contributed by atoms with van der Waals surface area (Å²) in [7, 11) is 0. The van der Waals surface area contributed by atoms with Crippen LogP contribution in [-0.4, -0.2) is 117 Å². The van der Waals surface area contributed by atoms with Gasteiger partial charge in [-0.25, -0.2) is 26.3 Å². The Morgan fingerprint density at radius 3 is 1.31 bits per heavy atom. The van der Waals surface area contributed by atoms with Crippen molar-refractivity contribution < 1.29 is 85.2 Å². The Bertz CT molecular complexity index is 3640. The van der Waals surface area contributed by atoms with Gasteiger partial charge in [-0.1, -0.05) is 74.2 Å². The van der Waals surface area contributed by atoms with Crippen molar-refractivity contribution in [3.05, 3.63) is 186 Å². The fourth-order valence-electron chi connectivity index (χ4n) is 12.0. The number of aromatic nitrogens is 2. The van der Waals surface area contributed by atoms with Gasteiger partial charge in [0.15, 0.2) is 23.3 Å². The summed E-state index contributed by atoms with van der Waals surface area (Å²) < 4.78 is 95.4. The minimum Gasteiger partial charge on any atom is -0.870 e. The van der Waals surface area contributed by atoms with Gasteiger partial charge in [0.25, 0.3) is 11.1 Å². The van der Waals surface area contributed by atoms with Crippen molar-refractivity contribution in [3.63, 3.8) is 0 Å². The van der Waals surface area contributed by atoms with Crippen molar-refractivity contribution >= 4 is 23.8 Å². The molecule has 10 rings (SSSR count). The van der Waals surface area contributed by atoms with Gasteiger partial charge in [0.05, 0.1) is 31.5 Å². The van der Waals surface area contributed by atoms with Crippen LogP contribution >= 0.6 is 0 Å². The van der Waals surface area contributed by atoms with Gasteiger partial charge < -0.3 is 40.6 Å². The number of benzene rings is 4. The molecular weight excluding hydrogens is 1180 g/mol. The smallest absolute Gasteiger partial charge is 0.870 e. The van der Waals surface area contributed by atoms with E-state index in [0.717, 1.165) is 76.8 Å². The van der Waals surface area contributed by atoms with Crippen LogP contribution in [0, 0.1) is 62.8 Å². The number of amides is 2. The quantitative estimate of drug-likeness (QED) is 0.0299. The van der Waals surface area contributed by atoms with E-state index in [1.54, 1.807) is 31.5 Å². The predicted molar refractivity (Wildman–Crippen MR) is 328 cm³/mol. The Morgan fingerprint density at radius 2 is 0.967 bits per heavy atom. The Morgan fingerprint density at radius 1 is 0.593 bits per heavy atom. The van der Waals surface area contributed by atoms with E-state index in [1.807, 2.05) is 73.9 Å². The number of alkyl halides is 2. The normalized spacial score (nSPS) is 16.2. The molecule has 0 radical (unpaired) electrons. The van der Waals surface area contributed by atoms with Crippen molar-refractivity contribution in [3.8, 4) is 22.3 Å². The summed E-state index contributed by atoms with van der Waals surface area (Å²) in [5.74, 6) is -7.40. The number of likely N-dealkylation sites (tertiary alicyclic amines) is 2. The molecule has 4 aliphatic rings. The van der Waals surface area contributed by atoms with Crippen molar-refractivity contribution in [2.75, 3.05) is 45.9 Å². The minimum atomic E-state index is -1.38. The zero-order valence-corrected chi connectivity index (χ0v) is 52.2. The third-order valence-electron chi connectivity index (χ3n) is 17.1. The molecule has 2 unspecified atom stereocenters. The first kappa shape index (κ1) is 72.7. The number of carboxylic acids is 1. The predicted octanol–water partition coefficient (Wildman–Crippen LogP) is 7.04. The van der Waals surface area contributed by atoms with Gasteiger partial charge in [-0.2, -0.15) is 0 Å². The van der Waals surface area contributed by atoms with E-state index < -0.39 is 102 Å². The fraction of sp³-hybridized carbons (Fsp3) is 0.441. The number of nitrogens with zero attached hydrogens (tertiary/aromatic N) is 4. The number of aryl methyl sites for hydroxylation is 4. The van der Waals surface area contributed by atoms with Crippen molar-refractivity contribution in [2.24, 2.45) is 11.8 Å². The summed E-state index contributed by atoms with van der Waals surface area (Å²) in [5, 5.41) is 15.1. The van der Waals surface area contributed by atoms with Gasteiger partial charge in [-0.15, -0.1) is 0 Å².